The molecule has 0 spiro atoms. The lowest BCUT2D eigenvalue weighted by Crippen LogP contribution is -2.24. The summed E-state index contributed by atoms with van der Waals surface area (Å²) in [5.74, 6) is 0.997. The van der Waals surface area contributed by atoms with Gasteiger partial charge in [-0.3, -0.25) is 14.7 Å². The Hall–Kier alpha value is -4.45. The van der Waals surface area contributed by atoms with Gasteiger partial charge >= 0.3 is 0 Å². The Labute approximate surface area is 203 Å². The Kier molecular flexibility index (Phi) is 6.52. The number of carbonyl (C=O) groups is 1. The van der Waals surface area contributed by atoms with Crippen molar-refractivity contribution in [2.45, 2.75) is 19.7 Å². The van der Waals surface area contributed by atoms with E-state index in [1.807, 2.05) is 66.7 Å². The number of amides is 1. The maximum Gasteiger partial charge on any atom is 0.215 e. The van der Waals surface area contributed by atoms with Crippen molar-refractivity contribution in [2.24, 2.45) is 0 Å². The molecule has 1 amide bonds. The summed E-state index contributed by atoms with van der Waals surface area (Å²) in [4.78, 5) is 18.2. The number of ether oxygens (including phenoxy) is 1. The number of hydrogen-bond donors (Lipinski definition) is 0. The first kappa shape index (κ1) is 22.3. The number of anilines is 1. The number of rotatable bonds is 9. The molecule has 35 heavy (non-hydrogen) atoms. The first-order chi connectivity index (χ1) is 17.2. The summed E-state index contributed by atoms with van der Waals surface area (Å²) >= 11 is 0. The number of halogens is 1. The Morgan fingerprint density at radius 2 is 1.54 bits per heavy atom. The number of pyridine rings is 1. The second-order valence-electron chi connectivity index (χ2n) is 8.25. The van der Waals surface area contributed by atoms with Crippen molar-refractivity contribution in [1.29, 1.82) is 0 Å². The Balaban J connectivity index is 1.63. The normalized spacial score (nSPS) is 10.9. The van der Waals surface area contributed by atoms with Gasteiger partial charge in [-0.2, -0.15) is 0 Å². The highest BCUT2D eigenvalue weighted by atomic mass is 19.1. The number of carbonyl (C=O) groups excluding carboxylic acids is 1. The molecule has 0 aliphatic carbocycles. The van der Waals surface area contributed by atoms with Crippen LogP contribution in [0.1, 0.15) is 16.7 Å². The Morgan fingerprint density at radius 1 is 0.829 bits per heavy atom. The zero-order valence-electron chi connectivity index (χ0n) is 19.0. The fourth-order valence-corrected chi connectivity index (χ4v) is 4.20. The van der Waals surface area contributed by atoms with Gasteiger partial charge in [-0.15, -0.1) is 0 Å². The molecule has 2 heterocycles. The third-order valence-electron chi connectivity index (χ3n) is 5.88. The van der Waals surface area contributed by atoms with Crippen molar-refractivity contribution < 1.29 is 13.9 Å². The summed E-state index contributed by atoms with van der Waals surface area (Å²) in [5.41, 5.74) is 3.81. The van der Waals surface area contributed by atoms with E-state index in [1.165, 1.54) is 12.1 Å². The average Bonchev–Trinajstić information content (AvgIpc) is 3.21. The lowest BCUT2D eigenvalue weighted by atomic mass is 10.2. The van der Waals surface area contributed by atoms with Crippen LogP contribution >= 0.6 is 0 Å². The molecule has 5 nitrogen and oxygen atoms in total. The second-order valence-corrected chi connectivity index (χ2v) is 8.25. The van der Waals surface area contributed by atoms with Crippen LogP contribution in [-0.2, 0) is 24.5 Å². The van der Waals surface area contributed by atoms with Crippen molar-refractivity contribution in [3.8, 4) is 5.75 Å². The van der Waals surface area contributed by atoms with E-state index >= 15 is 0 Å². The zero-order chi connectivity index (χ0) is 24.0. The molecular weight excluding hydrogens is 441 g/mol. The molecule has 0 bridgehead atoms. The van der Waals surface area contributed by atoms with Crippen molar-refractivity contribution >= 4 is 23.1 Å². The highest BCUT2D eigenvalue weighted by molar-refractivity contribution is 5.96. The van der Waals surface area contributed by atoms with Crippen LogP contribution in [0.15, 0.2) is 103 Å². The average molecular weight is 466 g/mol. The minimum absolute atomic E-state index is 0.287. The topological polar surface area (TPSA) is 47.4 Å². The SMILES string of the molecule is O=CN(Cc1ccncc1)c1c(OCc2ccccc2)c2ccccc2n1Cc1ccc(F)cc1. The van der Waals surface area contributed by atoms with E-state index in [2.05, 4.69) is 9.55 Å². The number of hydrogen-bond acceptors (Lipinski definition) is 3. The summed E-state index contributed by atoms with van der Waals surface area (Å²) in [7, 11) is 0. The quantitative estimate of drug-likeness (QED) is 0.252. The number of benzene rings is 3. The molecule has 0 unspecified atom stereocenters. The van der Waals surface area contributed by atoms with Crippen LogP contribution in [0.5, 0.6) is 5.75 Å². The molecule has 0 N–H and O–H groups in total. The van der Waals surface area contributed by atoms with Crippen molar-refractivity contribution in [3.05, 3.63) is 126 Å². The number of fused-ring (bicyclic) bond motifs is 1. The molecule has 174 valence electrons. The smallest absolute Gasteiger partial charge is 0.215 e. The van der Waals surface area contributed by atoms with E-state index in [9.17, 15) is 9.18 Å². The fraction of sp³-hybridized carbons (Fsp3) is 0.103. The van der Waals surface area contributed by atoms with Gasteiger partial charge in [0.1, 0.15) is 12.4 Å². The van der Waals surface area contributed by atoms with Gasteiger partial charge in [-0.05, 0) is 53.1 Å². The second kappa shape index (κ2) is 10.2. The molecule has 3 aromatic carbocycles. The molecule has 0 saturated heterocycles. The van der Waals surface area contributed by atoms with E-state index in [0.717, 1.165) is 34.0 Å². The van der Waals surface area contributed by atoms with Gasteiger partial charge in [0, 0.05) is 24.3 Å². The lowest BCUT2D eigenvalue weighted by molar-refractivity contribution is -0.107. The van der Waals surface area contributed by atoms with Crippen LogP contribution < -0.4 is 9.64 Å². The molecule has 0 fully saturated rings. The van der Waals surface area contributed by atoms with E-state index < -0.39 is 0 Å². The summed E-state index contributed by atoms with van der Waals surface area (Å²) < 4.78 is 22.0. The molecule has 0 aliphatic rings. The monoisotopic (exact) mass is 465 g/mol. The van der Waals surface area contributed by atoms with Gasteiger partial charge in [0.05, 0.1) is 12.1 Å². The summed E-state index contributed by atoms with van der Waals surface area (Å²) in [6.07, 6.45) is 4.24. The molecule has 0 aliphatic heterocycles. The highest BCUT2D eigenvalue weighted by Gasteiger charge is 2.24. The van der Waals surface area contributed by atoms with Gasteiger partial charge < -0.3 is 9.30 Å². The maximum absolute atomic E-state index is 13.6. The zero-order valence-corrected chi connectivity index (χ0v) is 19.0. The largest absolute Gasteiger partial charge is 0.484 e. The summed E-state index contributed by atoms with van der Waals surface area (Å²) in [6.45, 7) is 1.17. The van der Waals surface area contributed by atoms with Crippen LogP contribution in [0.25, 0.3) is 10.9 Å². The predicted octanol–water partition coefficient (Wildman–Crippen LogP) is 5.97. The van der Waals surface area contributed by atoms with Crippen LogP contribution in [0.4, 0.5) is 10.2 Å². The Morgan fingerprint density at radius 3 is 2.29 bits per heavy atom. The van der Waals surface area contributed by atoms with Gasteiger partial charge in [-0.25, -0.2) is 4.39 Å². The van der Waals surface area contributed by atoms with Crippen LogP contribution in [0.3, 0.4) is 0 Å². The van der Waals surface area contributed by atoms with Gasteiger partial charge in [0.25, 0.3) is 0 Å². The minimum atomic E-state index is -0.287. The predicted molar refractivity (Wildman–Crippen MR) is 135 cm³/mol. The molecule has 2 aromatic heterocycles. The van der Waals surface area contributed by atoms with Crippen LogP contribution in [0.2, 0.25) is 0 Å². The third-order valence-corrected chi connectivity index (χ3v) is 5.88. The number of aromatic nitrogens is 2. The van der Waals surface area contributed by atoms with Gasteiger partial charge in [0.15, 0.2) is 11.6 Å². The van der Waals surface area contributed by atoms with Gasteiger partial charge in [-0.1, -0.05) is 54.6 Å². The minimum Gasteiger partial charge on any atom is -0.484 e. The maximum atomic E-state index is 13.6. The van der Waals surface area contributed by atoms with E-state index in [-0.39, 0.29) is 5.82 Å². The molecule has 6 heteroatoms. The summed E-state index contributed by atoms with van der Waals surface area (Å²) in [6, 6.07) is 28.0. The van der Waals surface area contributed by atoms with Crippen molar-refractivity contribution in [1.82, 2.24) is 9.55 Å². The molecule has 0 radical (unpaired) electrons. The third kappa shape index (κ3) is 4.92. The molecule has 0 saturated carbocycles. The van der Waals surface area contributed by atoms with E-state index in [0.29, 0.717) is 31.3 Å². The first-order valence-corrected chi connectivity index (χ1v) is 11.4. The van der Waals surface area contributed by atoms with Crippen LogP contribution in [0, 0.1) is 5.82 Å². The molecule has 0 atom stereocenters. The van der Waals surface area contributed by atoms with Crippen LogP contribution in [-0.4, -0.2) is 16.0 Å². The molecular formula is C29H24FN3O2. The number of para-hydroxylation sites is 1. The van der Waals surface area contributed by atoms with E-state index in [1.54, 1.807) is 29.4 Å². The van der Waals surface area contributed by atoms with Crippen molar-refractivity contribution in [2.75, 3.05) is 4.90 Å². The van der Waals surface area contributed by atoms with Gasteiger partial charge in [0.2, 0.25) is 6.41 Å². The highest BCUT2D eigenvalue weighted by Crippen LogP contribution is 2.41. The number of nitrogens with zero attached hydrogens (tertiary/aromatic N) is 3. The molecule has 5 aromatic rings. The Bertz CT molecular complexity index is 1420. The van der Waals surface area contributed by atoms with E-state index in [4.69, 9.17) is 4.74 Å². The molecule has 5 rings (SSSR count). The lowest BCUT2D eigenvalue weighted by Gasteiger charge is -2.22. The fourth-order valence-electron chi connectivity index (χ4n) is 4.20. The van der Waals surface area contributed by atoms with Crippen molar-refractivity contribution in [3.63, 3.8) is 0 Å². The standard InChI is InChI=1S/C29H24FN3O2/c30-25-12-10-22(11-13-25)19-33-27-9-5-4-8-26(27)28(35-20-24-6-2-1-3-7-24)29(33)32(21-34)18-23-14-16-31-17-15-23/h1-17,21H,18-20H2. The summed E-state index contributed by atoms with van der Waals surface area (Å²) in [5, 5.41) is 0.905. The first-order valence-electron chi connectivity index (χ1n) is 11.4.